The number of aliphatic hydroxyl groups is 1. The molecule has 2 heterocycles. The van der Waals surface area contributed by atoms with Crippen molar-refractivity contribution in [3.05, 3.63) is 36.1 Å². The van der Waals surface area contributed by atoms with Gasteiger partial charge >= 0.3 is 0 Å². The molecule has 0 amide bonds. The van der Waals surface area contributed by atoms with E-state index in [1.165, 1.54) is 0 Å². The molecule has 0 aliphatic carbocycles. The molecule has 0 saturated carbocycles. The van der Waals surface area contributed by atoms with E-state index in [2.05, 4.69) is 0 Å². The molecule has 0 radical (unpaired) electrons. The fraction of sp³-hybridized carbons (Fsp3) is 0.467. The summed E-state index contributed by atoms with van der Waals surface area (Å²) in [6.07, 6.45) is 2.35. The van der Waals surface area contributed by atoms with Gasteiger partial charge in [-0.05, 0) is 37.3 Å². The molecule has 0 bridgehead atoms. The molecular weight excluding hydrogens is 228 g/mol. The lowest BCUT2D eigenvalue weighted by atomic mass is 9.93. The summed E-state index contributed by atoms with van der Waals surface area (Å²) in [6, 6.07) is 9.80. The molecule has 1 fully saturated rings. The maximum atomic E-state index is 10.2. The van der Waals surface area contributed by atoms with E-state index in [0.29, 0.717) is 11.7 Å². The highest BCUT2D eigenvalue weighted by atomic mass is 16.5. The third kappa shape index (κ3) is 2.42. The van der Waals surface area contributed by atoms with Gasteiger partial charge in [-0.2, -0.15) is 0 Å². The Morgan fingerprint density at radius 1 is 1.22 bits per heavy atom. The molecule has 2 aromatic rings. The number of fused-ring (bicyclic) bond motifs is 1. The summed E-state index contributed by atoms with van der Waals surface area (Å²) < 4.78 is 11.0. The third-order valence-electron chi connectivity index (χ3n) is 3.67. The van der Waals surface area contributed by atoms with Crippen LogP contribution < -0.4 is 0 Å². The largest absolute Gasteiger partial charge is 0.458 e. The molecule has 1 saturated heterocycles. The molecule has 18 heavy (non-hydrogen) atoms. The number of rotatable bonds is 3. The molecule has 3 heteroatoms. The van der Waals surface area contributed by atoms with Gasteiger partial charge in [-0.25, -0.2) is 0 Å². The lowest BCUT2D eigenvalue weighted by Crippen LogP contribution is -2.17. The number of para-hydroxylation sites is 1. The third-order valence-corrected chi connectivity index (χ3v) is 3.67. The van der Waals surface area contributed by atoms with Crippen LogP contribution in [0.4, 0.5) is 0 Å². The predicted molar refractivity (Wildman–Crippen MR) is 69.3 cm³/mol. The van der Waals surface area contributed by atoms with Gasteiger partial charge in [0.2, 0.25) is 0 Å². The maximum Gasteiger partial charge on any atom is 0.134 e. The summed E-state index contributed by atoms with van der Waals surface area (Å²) in [4.78, 5) is 0. The Bertz CT molecular complexity index is 478. The standard InChI is InChI=1S/C15H18O3/c16-13(9-11-5-7-17-8-6-11)15-10-12-3-1-2-4-14(12)18-15/h1-4,10-11,13,16H,5-9H2. The van der Waals surface area contributed by atoms with E-state index in [0.717, 1.165) is 43.4 Å². The zero-order chi connectivity index (χ0) is 12.4. The molecule has 1 N–H and O–H groups in total. The van der Waals surface area contributed by atoms with Crippen molar-refractivity contribution in [3.8, 4) is 0 Å². The Hall–Kier alpha value is -1.32. The lowest BCUT2D eigenvalue weighted by Gasteiger charge is -2.23. The minimum atomic E-state index is -0.500. The van der Waals surface area contributed by atoms with Gasteiger partial charge in [-0.3, -0.25) is 0 Å². The van der Waals surface area contributed by atoms with Crippen LogP contribution in [0.3, 0.4) is 0 Å². The van der Waals surface area contributed by atoms with Crippen LogP contribution in [-0.4, -0.2) is 18.3 Å². The number of hydrogen-bond acceptors (Lipinski definition) is 3. The summed E-state index contributed by atoms with van der Waals surface area (Å²) in [7, 11) is 0. The maximum absolute atomic E-state index is 10.2. The van der Waals surface area contributed by atoms with E-state index >= 15 is 0 Å². The Labute approximate surface area is 106 Å². The molecule has 3 rings (SSSR count). The van der Waals surface area contributed by atoms with Gasteiger partial charge in [-0.1, -0.05) is 18.2 Å². The smallest absolute Gasteiger partial charge is 0.134 e. The first-order chi connectivity index (χ1) is 8.83. The van der Waals surface area contributed by atoms with Crippen LogP contribution in [0.25, 0.3) is 11.0 Å². The normalized spacial score (nSPS) is 19.2. The molecule has 1 unspecified atom stereocenters. The van der Waals surface area contributed by atoms with Crippen LogP contribution in [0, 0.1) is 5.92 Å². The second-order valence-electron chi connectivity index (χ2n) is 4.99. The first-order valence-corrected chi connectivity index (χ1v) is 6.57. The van der Waals surface area contributed by atoms with E-state index in [-0.39, 0.29) is 0 Å². The zero-order valence-corrected chi connectivity index (χ0v) is 10.3. The van der Waals surface area contributed by atoms with E-state index in [1.54, 1.807) is 0 Å². The lowest BCUT2D eigenvalue weighted by molar-refractivity contribution is 0.0392. The Balaban J connectivity index is 1.72. The van der Waals surface area contributed by atoms with Crippen molar-refractivity contribution >= 4 is 11.0 Å². The van der Waals surface area contributed by atoms with Crippen LogP contribution in [-0.2, 0) is 4.74 Å². The SMILES string of the molecule is OC(CC1CCOCC1)c1cc2ccccc2o1. The minimum Gasteiger partial charge on any atom is -0.458 e. The number of hydrogen-bond donors (Lipinski definition) is 1. The van der Waals surface area contributed by atoms with Gasteiger partial charge in [0.15, 0.2) is 0 Å². The molecule has 96 valence electrons. The zero-order valence-electron chi connectivity index (χ0n) is 10.3. The van der Waals surface area contributed by atoms with Crippen LogP contribution in [0.1, 0.15) is 31.1 Å². The van der Waals surface area contributed by atoms with Crippen molar-refractivity contribution in [1.29, 1.82) is 0 Å². The average Bonchev–Trinajstić information content (AvgIpc) is 2.84. The highest BCUT2D eigenvalue weighted by Gasteiger charge is 2.21. The predicted octanol–water partition coefficient (Wildman–Crippen LogP) is 3.28. The van der Waals surface area contributed by atoms with Gasteiger partial charge < -0.3 is 14.3 Å². The highest BCUT2D eigenvalue weighted by molar-refractivity contribution is 5.77. The van der Waals surface area contributed by atoms with Gasteiger partial charge in [0.1, 0.15) is 17.4 Å². The highest BCUT2D eigenvalue weighted by Crippen LogP contribution is 2.30. The van der Waals surface area contributed by atoms with E-state index in [4.69, 9.17) is 9.15 Å². The van der Waals surface area contributed by atoms with E-state index < -0.39 is 6.10 Å². The molecular formula is C15H18O3. The quantitative estimate of drug-likeness (QED) is 0.903. The molecule has 1 aromatic carbocycles. The average molecular weight is 246 g/mol. The van der Waals surface area contributed by atoms with Gasteiger partial charge in [-0.15, -0.1) is 0 Å². The molecule has 0 spiro atoms. The van der Waals surface area contributed by atoms with Crippen molar-refractivity contribution < 1.29 is 14.3 Å². The van der Waals surface area contributed by atoms with Crippen LogP contribution in [0.15, 0.2) is 34.7 Å². The van der Waals surface area contributed by atoms with Crippen molar-refractivity contribution in [3.63, 3.8) is 0 Å². The molecule has 1 aromatic heterocycles. The monoisotopic (exact) mass is 246 g/mol. The van der Waals surface area contributed by atoms with Crippen molar-refractivity contribution in [2.45, 2.75) is 25.4 Å². The van der Waals surface area contributed by atoms with Crippen LogP contribution in [0.2, 0.25) is 0 Å². The first kappa shape index (κ1) is 11.8. The summed E-state index contributed by atoms with van der Waals surface area (Å²) >= 11 is 0. The topological polar surface area (TPSA) is 42.6 Å². The van der Waals surface area contributed by atoms with E-state index in [9.17, 15) is 5.11 Å². The summed E-state index contributed by atoms with van der Waals surface area (Å²) in [5.74, 6) is 1.23. The number of benzene rings is 1. The first-order valence-electron chi connectivity index (χ1n) is 6.57. The summed E-state index contributed by atoms with van der Waals surface area (Å²) in [5.41, 5.74) is 0.846. The van der Waals surface area contributed by atoms with Crippen molar-refractivity contribution in [2.75, 3.05) is 13.2 Å². The number of aliphatic hydroxyl groups excluding tert-OH is 1. The minimum absolute atomic E-state index is 0.500. The second kappa shape index (κ2) is 5.12. The summed E-state index contributed by atoms with van der Waals surface area (Å²) in [6.45, 7) is 1.63. The van der Waals surface area contributed by atoms with Crippen molar-refractivity contribution in [1.82, 2.24) is 0 Å². The number of ether oxygens (including phenoxy) is 1. The van der Waals surface area contributed by atoms with Gasteiger partial charge in [0, 0.05) is 18.6 Å². The van der Waals surface area contributed by atoms with Crippen molar-refractivity contribution in [2.24, 2.45) is 5.92 Å². The van der Waals surface area contributed by atoms with Crippen LogP contribution in [0.5, 0.6) is 0 Å². The van der Waals surface area contributed by atoms with Gasteiger partial charge in [0.05, 0.1) is 0 Å². The van der Waals surface area contributed by atoms with Crippen LogP contribution >= 0.6 is 0 Å². The van der Waals surface area contributed by atoms with Gasteiger partial charge in [0.25, 0.3) is 0 Å². The Morgan fingerprint density at radius 2 is 2.00 bits per heavy atom. The molecule has 1 atom stereocenters. The molecule has 1 aliphatic rings. The Morgan fingerprint density at radius 3 is 2.78 bits per heavy atom. The molecule has 3 nitrogen and oxygen atoms in total. The molecule has 1 aliphatic heterocycles. The fourth-order valence-electron chi connectivity index (χ4n) is 2.58. The number of furan rings is 1. The fourth-order valence-corrected chi connectivity index (χ4v) is 2.58. The second-order valence-corrected chi connectivity index (χ2v) is 4.99. The summed E-state index contributed by atoms with van der Waals surface area (Å²) in [5, 5.41) is 11.3. The van der Waals surface area contributed by atoms with E-state index in [1.807, 2.05) is 30.3 Å². The Kier molecular flexibility index (Phi) is 3.35.